The molecule has 1 fully saturated rings. The Hall–Kier alpha value is -0.510. The van der Waals surface area contributed by atoms with Gasteiger partial charge in [0.15, 0.2) is 0 Å². The molecule has 1 heterocycles. The van der Waals surface area contributed by atoms with E-state index < -0.39 is 0 Å². The second-order valence-corrected chi connectivity index (χ2v) is 7.34. The van der Waals surface area contributed by atoms with Crippen LogP contribution in [0.2, 0.25) is 0 Å². The van der Waals surface area contributed by atoms with Gasteiger partial charge in [-0.1, -0.05) is 37.3 Å². The Labute approximate surface area is 128 Å². The topological polar surface area (TPSA) is 15.3 Å². The van der Waals surface area contributed by atoms with Crippen LogP contribution >= 0.6 is 11.8 Å². The van der Waals surface area contributed by atoms with Crippen molar-refractivity contribution >= 4 is 11.8 Å². The molecule has 20 heavy (non-hydrogen) atoms. The van der Waals surface area contributed by atoms with E-state index in [0.29, 0.717) is 0 Å². The molecule has 0 spiro atoms. The maximum absolute atomic E-state index is 3.74. The normalized spacial score (nSPS) is 23.1. The van der Waals surface area contributed by atoms with E-state index in [1.807, 2.05) is 0 Å². The molecule has 2 rings (SSSR count). The molecule has 3 heteroatoms. The molecule has 0 saturated carbocycles. The molecule has 1 aromatic carbocycles. The van der Waals surface area contributed by atoms with Crippen molar-refractivity contribution in [3.63, 3.8) is 0 Å². The third-order valence-electron chi connectivity index (χ3n) is 4.03. The first-order valence-electron chi connectivity index (χ1n) is 7.83. The summed E-state index contributed by atoms with van der Waals surface area (Å²) in [5.74, 6) is 1.35. The molecule has 1 saturated heterocycles. The van der Waals surface area contributed by atoms with E-state index in [1.54, 1.807) is 0 Å². The van der Waals surface area contributed by atoms with Crippen LogP contribution in [0.1, 0.15) is 31.7 Å². The minimum Gasteiger partial charge on any atom is -0.313 e. The number of benzene rings is 1. The van der Waals surface area contributed by atoms with E-state index in [9.17, 15) is 0 Å². The standard InChI is InChI=1S/C17H28N2S/c1-15-17(10-6-13-20-15)18-11-7-12-19(2)14-16-8-4-3-5-9-16/h3-5,8-9,15,17-18H,6-7,10-14H2,1-2H3. The van der Waals surface area contributed by atoms with Gasteiger partial charge in [0.1, 0.15) is 0 Å². The van der Waals surface area contributed by atoms with E-state index in [1.165, 1.54) is 30.6 Å². The van der Waals surface area contributed by atoms with E-state index >= 15 is 0 Å². The molecule has 1 aliphatic heterocycles. The fourth-order valence-electron chi connectivity index (χ4n) is 2.80. The van der Waals surface area contributed by atoms with Crippen LogP contribution in [-0.2, 0) is 6.54 Å². The van der Waals surface area contributed by atoms with Crippen molar-refractivity contribution in [3.05, 3.63) is 35.9 Å². The lowest BCUT2D eigenvalue weighted by Gasteiger charge is -2.29. The molecule has 2 atom stereocenters. The highest BCUT2D eigenvalue weighted by Gasteiger charge is 2.20. The Balaban J connectivity index is 1.58. The summed E-state index contributed by atoms with van der Waals surface area (Å²) in [5, 5.41) is 4.53. The number of hydrogen-bond donors (Lipinski definition) is 1. The van der Waals surface area contributed by atoms with Gasteiger partial charge in [-0.2, -0.15) is 11.8 Å². The molecule has 112 valence electrons. The summed E-state index contributed by atoms with van der Waals surface area (Å²) in [7, 11) is 2.21. The molecule has 0 radical (unpaired) electrons. The third kappa shape index (κ3) is 5.47. The fourth-order valence-corrected chi connectivity index (χ4v) is 3.97. The lowest BCUT2D eigenvalue weighted by molar-refractivity contribution is 0.314. The molecule has 0 amide bonds. The summed E-state index contributed by atoms with van der Waals surface area (Å²) >= 11 is 2.12. The van der Waals surface area contributed by atoms with Crippen LogP contribution in [0.4, 0.5) is 0 Å². The first kappa shape index (κ1) is 15.9. The number of hydrogen-bond acceptors (Lipinski definition) is 3. The van der Waals surface area contributed by atoms with Gasteiger partial charge in [-0.05, 0) is 50.7 Å². The quantitative estimate of drug-likeness (QED) is 0.776. The lowest BCUT2D eigenvalue weighted by atomic mass is 10.1. The SMILES string of the molecule is CC1SCCCC1NCCCN(C)Cc1ccccc1. The Morgan fingerprint density at radius 3 is 2.85 bits per heavy atom. The number of thioether (sulfide) groups is 1. The van der Waals surface area contributed by atoms with Crippen molar-refractivity contribution in [3.8, 4) is 0 Å². The van der Waals surface area contributed by atoms with Crippen molar-refractivity contribution in [2.45, 2.75) is 44.0 Å². The highest BCUT2D eigenvalue weighted by molar-refractivity contribution is 7.99. The van der Waals surface area contributed by atoms with Crippen LogP contribution in [0.15, 0.2) is 30.3 Å². The largest absolute Gasteiger partial charge is 0.313 e. The highest BCUT2D eigenvalue weighted by atomic mass is 32.2. The number of nitrogens with zero attached hydrogens (tertiary/aromatic N) is 1. The second-order valence-electron chi connectivity index (χ2n) is 5.86. The first-order valence-corrected chi connectivity index (χ1v) is 8.88. The third-order valence-corrected chi connectivity index (χ3v) is 5.40. The average molecular weight is 292 g/mol. The number of rotatable bonds is 7. The summed E-state index contributed by atoms with van der Waals surface area (Å²) in [6.07, 6.45) is 3.96. The first-order chi connectivity index (χ1) is 9.75. The summed E-state index contributed by atoms with van der Waals surface area (Å²) in [5.41, 5.74) is 1.40. The van der Waals surface area contributed by atoms with Crippen LogP contribution in [0, 0.1) is 0 Å². The number of nitrogens with one attached hydrogen (secondary N) is 1. The van der Waals surface area contributed by atoms with E-state index in [4.69, 9.17) is 0 Å². The van der Waals surface area contributed by atoms with Gasteiger partial charge in [0, 0.05) is 17.8 Å². The summed E-state index contributed by atoms with van der Waals surface area (Å²) < 4.78 is 0. The summed E-state index contributed by atoms with van der Waals surface area (Å²) in [6.45, 7) is 5.73. The van der Waals surface area contributed by atoms with Crippen LogP contribution < -0.4 is 5.32 Å². The Morgan fingerprint density at radius 1 is 1.30 bits per heavy atom. The van der Waals surface area contributed by atoms with Gasteiger partial charge in [-0.3, -0.25) is 0 Å². The zero-order chi connectivity index (χ0) is 14.2. The van der Waals surface area contributed by atoms with Gasteiger partial charge in [0.2, 0.25) is 0 Å². The predicted octanol–water partition coefficient (Wildman–Crippen LogP) is 3.38. The average Bonchev–Trinajstić information content (AvgIpc) is 2.46. The predicted molar refractivity (Wildman–Crippen MR) is 90.3 cm³/mol. The van der Waals surface area contributed by atoms with Gasteiger partial charge in [-0.15, -0.1) is 0 Å². The molecular weight excluding hydrogens is 264 g/mol. The van der Waals surface area contributed by atoms with Crippen LogP contribution in [0.5, 0.6) is 0 Å². The fraction of sp³-hybridized carbons (Fsp3) is 0.647. The van der Waals surface area contributed by atoms with Crippen molar-refractivity contribution in [1.29, 1.82) is 0 Å². The van der Waals surface area contributed by atoms with Crippen molar-refractivity contribution < 1.29 is 0 Å². The Morgan fingerprint density at radius 2 is 2.10 bits per heavy atom. The minimum absolute atomic E-state index is 0.730. The van der Waals surface area contributed by atoms with Crippen LogP contribution in [-0.4, -0.2) is 42.1 Å². The van der Waals surface area contributed by atoms with Crippen molar-refractivity contribution in [2.75, 3.05) is 25.9 Å². The summed E-state index contributed by atoms with van der Waals surface area (Å²) in [6, 6.07) is 11.5. The van der Waals surface area contributed by atoms with Gasteiger partial charge in [0.05, 0.1) is 0 Å². The van der Waals surface area contributed by atoms with Crippen molar-refractivity contribution in [1.82, 2.24) is 10.2 Å². The lowest BCUT2D eigenvalue weighted by Crippen LogP contribution is -2.40. The van der Waals surface area contributed by atoms with E-state index in [2.05, 4.69) is 66.3 Å². The molecule has 1 aliphatic rings. The Kier molecular flexibility index (Phi) is 6.91. The second kappa shape index (κ2) is 8.71. The molecule has 0 aliphatic carbocycles. The van der Waals surface area contributed by atoms with Gasteiger partial charge in [-0.25, -0.2) is 0 Å². The molecular formula is C17H28N2S. The zero-order valence-electron chi connectivity index (χ0n) is 12.8. The van der Waals surface area contributed by atoms with Crippen molar-refractivity contribution in [2.24, 2.45) is 0 Å². The smallest absolute Gasteiger partial charge is 0.0230 e. The van der Waals surface area contributed by atoms with Crippen LogP contribution in [0.25, 0.3) is 0 Å². The maximum atomic E-state index is 3.74. The maximum Gasteiger partial charge on any atom is 0.0230 e. The minimum atomic E-state index is 0.730. The monoisotopic (exact) mass is 292 g/mol. The van der Waals surface area contributed by atoms with E-state index in [-0.39, 0.29) is 0 Å². The highest BCUT2D eigenvalue weighted by Crippen LogP contribution is 2.24. The van der Waals surface area contributed by atoms with Crippen LogP contribution in [0.3, 0.4) is 0 Å². The molecule has 2 nitrogen and oxygen atoms in total. The van der Waals surface area contributed by atoms with Gasteiger partial charge < -0.3 is 10.2 Å². The molecule has 0 aromatic heterocycles. The molecule has 1 N–H and O–H groups in total. The molecule has 1 aromatic rings. The molecule has 2 unspecified atom stereocenters. The van der Waals surface area contributed by atoms with Gasteiger partial charge in [0.25, 0.3) is 0 Å². The van der Waals surface area contributed by atoms with Gasteiger partial charge >= 0.3 is 0 Å². The summed E-state index contributed by atoms with van der Waals surface area (Å²) in [4.78, 5) is 2.41. The zero-order valence-corrected chi connectivity index (χ0v) is 13.7. The van der Waals surface area contributed by atoms with E-state index in [0.717, 1.165) is 30.9 Å². The molecule has 0 bridgehead atoms. The Bertz CT molecular complexity index is 369.